The Morgan fingerprint density at radius 2 is 1.82 bits per heavy atom. The van der Waals surface area contributed by atoms with Gasteiger partial charge in [-0.3, -0.25) is 9.59 Å². The van der Waals surface area contributed by atoms with Crippen molar-refractivity contribution in [2.45, 2.75) is 51.0 Å². The first kappa shape index (κ1) is 12.1. The zero-order chi connectivity index (χ0) is 12.4. The van der Waals surface area contributed by atoms with Crippen molar-refractivity contribution >= 4 is 17.8 Å². The van der Waals surface area contributed by atoms with Gasteiger partial charge >= 0.3 is 6.09 Å². The molecule has 0 bridgehead atoms. The van der Waals surface area contributed by atoms with Gasteiger partial charge in [-0.1, -0.05) is 19.3 Å². The van der Waals surface area contributed by atoms with E-state index < -0.39 is 18.0 Å². The average molecular weight is 239 g/mol. The summed E-state index contributed by atoms with van der Waals surface area (Å²) in [6.07, 6.45) is 3.90. The Hall–Kier alpha value is -1.39. The standard InChI is InChI=1S/C12H17NO4/c14-9-6-10(8-4-2-1-3-5-8)13(12(16)17)11(15)7-9/h8,10H,1-7H2,(H,16,17). The van der Waals surface area contributed by atoms with Crippen molar-refractivity contribution in [1.82, 2.24) is 4.90 Å². The molecule has 0 aromatic heterocycles. The van der Waals surface area contributed by atoms with Crippen LogP contribution in [-0.2, 0) is 9.59 Å². The summed E-state index contributed by atoms with van der Waals surface area (Å²) in [4.78, 5) is 35.1. The van der Waals surface area contributed by atoms with E-state index in [1.165, 1.54) is 0 Å². The molecule has 1 unspecified atom stereocenters. The smallest absolute Gasteiger partial charge is 0.414 e. The summed E-state index contributed by atoms with van der Waals surface area (Å²) >= 11 is 0. The predicted octanol–water partition coefficient (Wildman–Crippen LogP) is 1.80. The maximum absolute atomic E-state index is 11.6. The Bertz CT molecular complexity index is 346. The molecule has 2 rings (SSSR count). The van der Waals surface area contributed by atoms with Gasteiger partial charge in [0.2, 0.25) is 5.91 Å². The van der Waals surface area contributed by atoms with E-state index in [0.717, 1.165) is 37.0 Å². The topological polar surface area (TPSA) is 74.7 Å². The van der Waals surface area contributed by atoms with Crippen molar-refractivity contribution in [2.75, 3.05) is 0 Å². The molecular formula is C12H17NO4. The molecule has 1 aliphatic carbocycles. The third kappa shape index (κ3) is 2.48. The summed E-state index contributed by atoms with van der Waals surface area (Å²) < 4.78 is 0. The molecule has 0 aromatic rings. The summed E-state index contributed by atoms with van der Waals surface area (Å²) in [5.41, 5.74) is 0. The van der Waals surface area contributed by atoms with E-state index in [2.05, 4.69) is 0 Å². The zero-order valence-corrected chi connectivity index (χ0v) is 9.72. The van der Waals surface area contributed by atoms with E-state index >= 15 is 0 Å². The molecule has 1 saturated heterocycles. The van der Waals surface area contributed by atoms with Gasteiger partial charge in [0.1, 0.15) is 5.78 Å². The number of ketones is 1. The van der Waals surface area contributed by atoms with Crippen LogP contribution in [0.25, 0.3) is 0 Å². The SMILES string of the molecule is O=C1CC(=O)N(C(=O)O)C(C2CCCCC2)C1. The molecule has 0 spiro atoms. The van der Waals surface area contributed by atoms with Gasteiger partial charge in [-0.2, -0.15) is 0 Å². The monoisotopic (exact) mass is 239 g/mol. The molecule has 0 aromatic carbocycles. The van der Waals surface area contributed by atoms with E-state index in [1.54, 1.807) is 0 Å². The lowest BCUT2D eigenvalue weighted by Gasteiger charge is -2.38. The van der Waals surface area contributed by atoms with E-state index in [4.69, 9.17) is 5.11 Å². The predicted molar refractivity (Wildman–Crippen MR) is 59.5 cm³/mol. The van der Waals surface area contributed by atoms with E-state index in [-0.39, 0.29) is 24.5 Å². The van der Waals surface area contributed by atoms with Crippen molar-refractivity contribution in [3.05, 3.63) is 0 Å². The Labute approximate surface area is 99.8 Å². The van der Waals surface area contributed by atoms with Crippen LogP contribution < -0.4 is 0 Å². The third-order valence-corrected chi connectivity index (χ3v) is 3.79. The zero-order valence-electron chi connectivity index (χ0n) is 9.72. The number of imide groups is 1. The minimum absolute atomic E-state index is 0.122. The van der Waals surface area contributed by atoms with Crippen LogP contribution in [-0.4, -0.2) is 33.8 Å². The van der Waals surface area contributed by atoms with Gasteiger partial charge in [-0.25, -0.2) is 9.69 Å². The van der Waals surface area contributed by atoms with E-state index in [9.17, 15) is 14.4 Å². The van der Waals surface area contributed by atoms with Crippen molar-refractivity contribution < 1.29 is 19.5 Å². The molecule has 2 aliphatic rings. The average Bonchev–Trinajstić information content (AvgIpc) is 2.28. The Morgan fingerprint density at radius 3 is 2.41 bits per heavy atom. The molecule has 1 atom stereocenters. The van der Waals surface area contributed by atoms with Crippen LogP contribution in [0.5, 0.6) is 0 Å². The fourth-order valence-electron chi connectivity index (χ4n) is 2.98. The van der Waals surface area contributed by atoms with E-state index in [1.807, 2.05) is 0 Å². The fraction of sp³-hybridized carbons (Fsp3) is 0.750. The van der Waals surface area contributed by atoms with Gasteiger partial charge in [0, 0.05) is 6.42 Å². The van der Waals surface area contributed by atoms with Crippen LogP contribution in [0.3, 0.4) is 0 Å². The van der Waals surface area contributed by atoms with Gasteiger partial charge in [-0.05, 0) is 18.8 Å². The lowest BCUT2D eigenvalue weighted by molar-refractivity contribution is -0.141. The van der Waals surface area contributed by atoms with Crippen LogP contribution in [0.2, 0.25) is 0 Å². The highest BCUT2D eigenvalue weighted by molar-refractivity contribution is 6.06. The molecule has 2 fully saturated rings. The van der Waals surface area contributed by atoms with Crippen molar-refractivity contribution in [3.63, 3.8) is 0 Å². The highest BCUT2D eigenvalue weighted by Crippen LogP contribution is 2.33. The number of piperidine rings is 1. The maximum atomic E-state index is 11.6. The second kappa shape index (κ2) is 4.85. The summed E-state index contributed by atoms with van der Waals surface area (Å²) in [7, 11) is 0. The van der Waals surface area contributed by atoms with Crippen LogP contribution in [0.15, 0.2) is 0 Å². The van der Waals surface area contributed by atoms with Gasteiger partial charge in [-0.15, -0.1) is 0 Å². The summed E-state index contributed by atoms with van der Waals surface area (Å²) in [6.45, 7) is 0. The number of Topliss-reactive ketones (excluding diaryl/α,β-unsaturated/α-hetero) is 1. The largest absolute Gasteiger partial charge is 0.465 e. The minimum Gasteiger partial charge on any atom is -0.465 e. The van der Waals surface area contributed by atoms with Gasteiger partial charge < -0.3 is 5.11 Å². The first-order valence-corrected chi connectivity index (χ1v) is 6.16. The molecular weight excluding hydrogens is 222 g/mol. The molecule has 0 radical (unpaired) electrons. The normalized spacial score (nSPS) is 27.3. The molecule has 1 heterocycles. The molecule has 17 heavy (non-hydrogen) atoms. The Morgan fingerprint density at radius 1 is 1.18 bits per heavy atom. The molecule has 5 nitrogen and oxygen atoms in total. The molecule has 1 N–H and O–H groups in total. The minimum atomic E-state index is -1.21. The Balaban J connectivity index is 2.17. The van der Waals surface area contributed by atoms with Crippen molar-refractivity contribution in [2.24, 2.45) is 5.92 Å². The molecule has 1 saturated carbocycles. The summed E-state index contributed by atoms with van der Waals surface area (Å²) in [5.74, 6) is -0.500. The number of likely N-dealkylation sites (tertiary alicyclic amines) is 1. The van der Waals surface area contributed by atoms with Crippen molar-refractivity contribution in [1.29, 1.82) is 0 Å². The summed E-state index contributed by atoms with van der Waals surface area (Å²) in [6, 6.07) is -0.415. The third-order valence-electron chi connectivity index (χ3n) is 3.79. The van der Waals surface area contributed by atoms with Crippen molar-refractivity contribution in [3.8, 4) is 0 Å². The number of carbonyl (C=O) groups is 3. The number of amides is 2. The van der Waals surface area contributed by atoms with E-state index in [0.29, 0.717) is 0 Å². The molecule has 94 valence electrons. The van der Waals surface area contributed by atoms with Gasteiger partial charge in [0.25, 0.3) is 0 Å². The fourth-order valence-corrected chi connectivity index (χ4v) is 2.98. The lowest BCUT2D eigenvalue weighted by Crippen LogP contribution is -2.52. The van der Waals surface area contributed by atoms with Gasteiger partial charge in [0.15, 0.2) is 0 Å². The lowest BCUT2D eigenvalue weighted by atomic mass is 9.79. The highest BCUT2D eigenvalue weighted by Gasteiger charge is 2.41. The second-order valence-corrected chi connectivity index (χ2v) is 4.93. The van der Waals surface area contributed by atoms with Crippen LogP contribution in [0, 0.1) is 5.92 Å². The van der Waals surface area contributed by atoms with Crippen LogP contribution >= 0.6 is 0 Å². The van der Waals surface area contributed by atoms with Crippen LogP contribution in [0.4, 0.5) is 4.79 Å². The molecule has 2 amide bonds. The number of nitrogens with zero attached hydrogens (tertiary/aromatic N) is 1. The quantitative estimate of drug-likeness (QED) is 0.708. The first-order valence-electron chi connectivity index (χ1n) is 6.16. The molecule has 5 heteroatoms. The molecule has 1 aliphatic heterocycles. The number of hydrogen-bond acceptors (Lipinski definition) is 3. The van der Waals surface area contributed by atoms with Crippen LogP contribution in [0.1, 0.15) is 44.9 Å². The first-order chi connectivity index (χ1) is 8.09. The number of hydrogen-bond donors (Lipinski definition) is 1. The van der Waals surface area contributed by atoms with Gasteiger partial charge in [0.05, 0.1) is 12.5 Å². The number of carbonyl (C=O) groups excluding carboxylic acids is 2. The highest BCUT2D eigenvalue weighted by atomic mass is 16.4. The number of rotatable bonds is 1. The second-order valence-electron chi connectivity index (χ2n) is 4.93. The Kier molecular flexibility index (Phi) is 3.45. The maximum Gasteiger partial charge on any atom is 0.414 e. The number of carboxylic acid groups (broad SMARTS) is 1. The summed E-state index contributed by atoms with van der Waals surface area (Å²) in [5, 5.41) is 9.09.